The Balaban J connectivity index is 1.47. The number of hydrogen-bond acceptors (Lipinski definition) is 2. The molecule has 1 amide bonds. The number of nitrogens with one attached hydrogen (secondary N) is 2. The van der Waals surface area contributed by atoms with E-state index in [9.17, 15) is 4.79 Å². The summed E-state index contributed by atoms with van der Waals surface area (Å²) in [5.74, 6) is 1.34. The highest BCUT2D eigenvalue weighted by Gasteiger charge is 2.58. The molecule has 4 rings (SSSR count). The Labute approximate surface area is 147 Å². The highest BCUT2D eigenvalue weighted by Crippen LogP contribution is 2.67. The molecular formula is C21H24N2O2. The van der Waals surface area contributed by atoms with E-state index in [1.165, 1.54) is 28.4 Å². The van der Waals surface area contributed by atoms with E-state index < -0.39 is 0 Å². The molecule has 130 valence electrons. The molecule has 2 heterocycles. The zero-order valence-electron chi connectivity index (χ0n) is 14.9. The number of aromatic amines is 1. The van der Waals surface area contributed by atoms with Crippen molar-refractivity contribution in [3.05, 3.63) is 59.7 Å². The van der Waals surface area contributed by atoms with E-state index >= 15 is 0 Å². The molecule has 0 radical (unpaired) electrons. The summed E-state index contributed by atoms with van der Waals surface area (Å²) < 4.78 is 5.14. The zero-order chi connectivity index (χ0) is 17.6. The van der Waals surface area contributed by atoms with Crippen LogP contribution in [0.25, 0.3) is 10.9 Å². The van der Waals surface area contributed by atoms with Gasteiger partial charge in [0.15, 0.2) is 5.76 Å². The standard InChI is InChI=1S/C21H24N2O2/c1-13-18(14-7-4-5-8-16(14)23-13)19-15(21(19,2)3)10-11-22-20(24)17-9-6-12-25-17/h4-9,12,15,19,23H,10-11H2,1-3H3,(H,22,24)/t15-,19-/m0/s1. The fourth-order valence-electron chi connectivity index (χ4n) is 4.39. The number of fused-ring (bicyclic) bond motifs is 1. The Bertz CT molecular complexity index is 905. The average Bonchev–Trinajstić information content (AvgIpc) is 3.00. The molecule has 1 aliphatic carbocycles. The summed E-state index contributed by atoms with van der Waals surface area (Å²) in [6, 6.07) is 11.9. The van der Waals surface area contributed by atoms with Crippen LogP contribution in [0.1, 0.15) is 48.0 Å². The van der Waals surface area contributed by atoms with Crippen molar-refractivity contribution in [1.29, 1.82) is 0 Å². The number of benzene rings is 1. The Kier molecular flexibility index (Phi) is 3.71. The number of aryl methyl sites for hydroxylation is 1. The number of para-hydroxylation sites is 1. The Morgan fingerprint density at radius 2 is 2.04 bits per heavy atom. The van der Waals surface area contributed by atoms with Crippen LogP contribution in [-0.4, -0.2) is 17.4 Å². The van der Waals surface area contributed by atoms with Gasteiger partial charge in [-0.05, 0) is 54.4 Å². The average molecular weight is 336 g/mol. The first-order chi connectivity index (χ1) is 12.0. The van der Waals surface area contributed by atoms with Crippen molar-refractivity contribution in [3.8, 4) is 0 Å². The summed E-state index contributed by atoms with van der Waals surface area (Å²) in [5.41, 5.74) is 4.18. The van der Waals surface area contributed by atoms with Crippen molar-refractivity contribution in [1.82, 2.24) is 10.3 Å². The van der Waals surface area contributed by atoms with Crippen LogP contribution in [0.5, 0.6) is 0 Å². The van der Waals surface area contributed by atoms with E-state index in [4.69, 9.17) is 4.42 Å². The SMILES string of the molecule is Cc1[nH]c2ccccc2c1[C@@H]1[C@H](CCNC(=O)c2ccco2)C1(C)C. The minimum atomic E-state index is -0.136. The molecule has 4 nitrogen and oxygen atoms in total. The lowest BCUT2D eigenvalue weighted by atomic mass is 10.0. The van der Waals surface area contributed by atoms with Gasteiger partial charge in [0.2, 0.25) is 0 Å². The molecule has 2 aromatic heterocycles. The van der Waals surface area contributed by atoms with Crippen LogP contribution in [0.4, 0.5) is 0 Å². The quantitative estimate of drug-likeness (QED) is 0.714. The van der Waals surface area contributed by atoms with Crippen LogP contribution >= 0.6 is 0 Å². The molecule has 4 heteroatoms. The van der Waals surface area contributed by atoms with Gasteiger partial charge in [0.05, 0.1) is 6.26 Å². The van der Waals surface area contributed by atoms with Gasteiger partial charge in [0.25, 0.3) is 5.91 Å². The molecule has 0 spiro atoms. The third-order valence-electron chi connectivity index (χ3n) is 5.79. The van der Waals surface area contributed by atoms with Crippen LogP contribution < -0.4 is 5.32 Å². The first-order valence-corrected chi connectivity index (χ1v) is 8.89. The molecule has 0 saturated heterocycles. The number of carbonyl (C=O) groups is 1. The number of aromatic nitrogens is 1. The van der Waals surface area contributed by atoms with E-state index in [2.05, 4.69) is 55.3 Å². The molecule has 25 heavy (non-hydrogen) atoms. The van der Waals surface area contributed by atoms with Crippen molar-refractivity contribution in [2.75, 3.05) is 6.54 Å². The molecule has 1 fully saturated rings. The molecule has 2 atom stereocenters. The van der Waals surface area contributed by atoms with Crippen molar-refractivity contribution in [2.45, 2.75) is 33.1 Å². The Morgan fingerprint density at radius 3 is 2.80 bits per heavy atom. The van der Waals surface area contributed by atoms with Gasteiger partial charge in [-0.1, -0.05) is 32.0 Å². The normalized spacial score (nSPS) is 21.4. The fraction of sp³-hybridized carbons (Fsp3) is 0.381. The minimum Gasteiger partial charge on any atom is -0.459 e. The van der Waals surface area contributed by atoms with E-state index in [0.29, 0.717) is 24.1 Å². The smallest absolute Gasteiger partial charge is 0.286 e. The van der Waals surface area contributed by atoms with Crippen LogP contribution in [0.3, 0.4) is 0 Å². The maximum absolute atomic E-state index is 12.0. The van der Waals surface area contributed by atoms with Crippen LogP contribution in [0.2, 0.25) is 0 Å². The number of furan rings is 1. The predicted molar refractivity (Wildman–Crippen MR) is 98.7 cm³/mol. The Morgan fingerprint density at radius 1 is 1.24 bits per heavy atom. The third kappa shape index (κ3) is 2.66. The number of hydrogen-bond donors (Lipinski definition) is 2. The van der Waals surface area contributed by atoms with Gasteiger partial charge in [-0.25, -0.2) is 0 Å². The lowest BCUT2D eigenvalue weighted by molar-refractivity contribution is 0.0924. The van der Waals surface area contributed by atoms with Crippen LogP contribution in [0, 0.1) is 18.3 Å². The maximum Gasteiger partial charge on any atom is 0.286 e. The van der Waals surface area contributed by atoms with Crippen molar-refractivity contribution in [2.24, 2.45) is 11.3 Å². The van der Waals surface area contributed by atoms with E-state index in [1.54, 1.807) is 12.1 Å². The van der Waals surface area contributed by atoms with Gasteiger partial charge < -0.3 is 14.7 Å². The third-order valence-corrected chi connectivity index (χ3v) is 5.79. The van der Waals surface area contributed by atoms with E-state index in [-0.39, 0.29) is 11.3 Å². The van der Waals surface area contributed by atoms with Gasteiger partial charge >= 0.3 is 0 Å². The minimum absolute atomic E-state index is 0.136. The highest BCUT2D eigenvalue weighted by molar-refractivity contribution is 5.91. The summed E-state index contributed by atoms with van der Waals surface area (Å²) in [5, 5.41) is 4.30. The molecule has 0 bridgehead atoms. The van der Waals surface area contributed by atoms with Gasteiger partial charge in [-0.2, -0.15) is 0 Å². The second-order valence-electron chi connectivity index (χ2n) is 7.64. The predicted octanol–water partition coefficient (Wildman–Crippen LogP) is 4.63. The molecule has 1 aliphatic rings. The first-order valence-electron chi connectivity index (χ1n) is 8.89. The molecule has 1 aromatic carbocycles. The van der Waals surface area contributed by atoms with Crippen LogP contribution in [-0.2, 0) is 0 Å². The molecule has 0 aliphatic heterocycles. The molecule has 2 N–H and O–H groups in total. The second kappa shape index (κ2) is 5.80. The van der Waals surface area contributed by atoms with Gasteiger partial charge in [-0.15, -0.1) is 0 Å². The first kappa shape index (κ1) is 16.0. The second-order valence-corrected chi connectivity index (χ2v) is 7.64. The Hall–Kier alpha value is -2.49. The summed E-state index contributed by atoms with van der Waals surface area (Å²) in [7, 11) is 0. The number of carbonyl (C=O) groups excluding carboxylic acids is 1. The summed E-state index contributed by atoms with van der Waals surface area (Å²) in [6.45, 7) is 7.50. The highest BCUT2D eigenvalue weighted by atomic mass is 16.3. The zero-order valence-corrected chi connectivity index (χ0v) is 14.9. The monoisotopic (exact) mass is 336 g/mol. The summed E-state index contributed by atoms with van der Waals surface area (Å²) >= 11 is 0. The lowest BCUT2D eigenvalue weighted by Crippen LogP contribution is -2.24. The molecule has 1 saturated carbocycles. The van der Waals surface area contributed by atoms with Gasteiger partial charge in [-0.3, -0.25) is 4.79 Å². The molecular weight excluding hydrogens is 312 g/mol. The summed E-state index contributed by atoms with van der Waals surface area (Å²) in [4.78, 5) is 15.5. The van der Waals surface area contributed by atoms with Gasteiger partial charge in [0.1, 0.15) is 0 Å². The molecule has 0 unspecified atom stereocenters. The summed E-state index contributed by atoms with van der Waals surface area (Å²) in [6.07, 6.45) is 2.50. The fourth-order valence-corrected chi connectivity index (χ4v) is 4.39. The largest absolute Gasteiger partial charge is 0.459 e. The topological polar surface area (TPSA) is 58.0 Å². The van der Waals surface area contributed by atoms with Crippen molar-refractivity contribution < 1.29 is 9.21 Å². The van der Waals surface area contributed by atoms with E-state index in [1.807, 2.05) is 0 Å². The number of H-pyrrole nitrogens is 1. The van der Waals surface area contributed by atoms with Crippen molar-refractivity contribution in [3.63, 3.8) is 0 Å². The number of amides is 1. The van der Waals surface area contributed by atoms with Crippen molar-refractivity contribution >= 4 is 16.8 Å². The maximum atomic E-state index is 12.0. The number of rotatable bonds is 5. The lowest BCUT2D eigenvalue weighted by Gasteiger charge is -2.04. The van der Waals surface area contributed by atoms with Crippen LogP contribution in [0.15, 0.2) is 47.1 Å². The van der Waals surface area contributed by atoms with Gasteiger partial charge in [0, 0.05) is 23.1 Å². The molecule has 3 aromatic rings. The van der Waals surface area contributed by atoms with E-state index in [0.717, 1.165) is 6.42 Å².